The minimum atomic E-state index is -0.0142. The monoisotopic (exact) mass is 295 g/mol. The summed E-state index contributed by atoms with van der Waals surface area (Å²) in [6.07, 6.45) is 0. The molecule has 0 saturated carbocycles. The number of ether oxygens (including phenoxy) is 1. The van der Waals surface area contributed by atoms with Crippen molar-refractivity contribution in [3.63, 3.8) is 0 Å². The second-order valence-corrected chi connectivity index (χ2v) is 6.67. The Morgan fingerprint density at radius 1 is 1.00 bits per heavy atom. The van der Waals surface area contributed by atoms with Gasteiger partial charge in [0.15, 0.2) is 6.61 Å². The van der Waals surface area contributed by atoms with Crippen LogP contribution in [0, 0.1) is 0 Å². The molecule has 0 unspecified atom stereocenters. The maximum atomic E-state index is 12.4. The van der Waals surface area contributed by atoms with Crippen LogP contribution in [0.5, 0.6) is 5.75 Å². The number of hydrogen-bond donors (Lipinski definition) is 0. The molecule has 0 aliphatic carbocycles. The van der Waals surface area contributed by atoms with Gasteiger partial charge in [0.1, 0.15) is 5.75 Å². The molecule has 0 atom stereocenters. The van der Waals surface area contributed by atoms with Crippen LogP contribution in [0.2, 0.25) is 0 Å². The van der Waals surface area contributed by atoms with Crippen molar-refractivity contribution in [2.75, 3.05) is 11.5 Å². The molecule has 3 rings (SSSR count). The average molecular weight is 295 g/mol. The third-order valence-electron chi connectivity index (χ3n) is 4.00. The van der Waals surface area contributed by atoms with Crippen molar-refractivity contribution in [3.8, 4) is 5.75 Å². The SMILES string of the molecule is CC(C)(C)c1ccc(N2Cc3ccccc3OCC2=O)cc1. The standard InChI is InChI=1S/C19H21NO2/c1-19(2,3)15-8-10-16(11-9-15)20-12-14-6-4-5-7-17(14)22-13-18(20)21/h4-11H,12-13H2,1-3H3. The summed E-state index contributed by atoms with van der Waals surface area (Å²) in [6, 6.07) is 16.1. The van der Waals surface area contributed by atoms with Crippen LogP contribution in [0.3, 0.4) is 0 Å². The number of fused-ring (bicyclic) bond motifs is 1. The molecule has 0 bridgehead atoms. The van der Waals surface area contributed by atoms with Crippen LogP contribution in [0.1, 0.15) is 31.9 Å². The second kappa shape index (κ2) is 5.48. The van der Waals surface area contributed by atoms with E-state index in [0.717, 1.165) is 17.0 Å². The lowest BCUT2D eigenvalue weighted by Gasteiger charge is -2.23. The molecule has 3 nitrogen and oxygen atoms in total. The fraction of sp³-hybridized carbons (Fsp3) is 0.316. The Hall–Kier alpha value is -2.29. The van der Waals surface area contributed by atoms with E-state index in [1.165, 1.54) is 5.56 Å². The van der Waals surface area contributed by atoms with Crippen molar-refractivity contribution in [3.05, 3.63) is 59.7 Å². The second-order valence-electron chi connectivity index (χ2n) is 6.67. The first-order valence-electron chi connectivity index (χ1n) is 7.57. The molecule has 0 saturated heterocycles. The highest BCUT2D eigenvalue weighted by molar-refractivity contribution is 5.95. The number of para-hydroxylation sites is 1. The molecule has 114 valence electrons. The lowest BCUT2D eigenvalue weighted by Crippen LogP contribution is -2.32. The molecule has 0 radical (unpaired) electrons. The molecule has 22 heavy (non-hydrogen) atoms. The molecule has 1 amide bonds. The van der Waals surface area contributed by atoms with E-state index in [2.05, 4.69) is 32.9 Å². The molecule has 1 heterocycles. The van der Waals surface area contributed by atoms with Gasteiger partial charge in [-0.25, -0.2) is 0 Å². The normalized spacial score (nSPS) is 15.0. The number of anilines is 1. The zero-order valence-corrected chi connectivity index (χ0v) is 13.3. The average Bonchev–Trinajstić information content (AvgIpc) is 2.66. The molecule has 1 aliphatic heterocycles. The minimum Gasteiger partial charge on any atom is -0.483 e. The van der Waals surface area contributed by atoms with Crippen LogP contribution in [0.4, 0.5) is 5.69 Å². The number of nitrogens with zero attached hydrogens (tertiary/aromatic N) is 1. The van der Waals surface area contributed by atoms with Crippen LogP contribution in [0.25, 0.3) is 0 Å². The van der Waals surface area contributed by atoms with E-state index < -0.39 is 0 Å². The summed E-state index contributed by atoms with van der Waals surface area (Å²) < 4.78 is 5.60. The first-order chi connectivity index (χ1) is 10.4. The Morgan fingerprint density at radius 3 is 2.36 bits per heavy atom. The van der Waals surface area contributed by atoms with Gasteiger partial charge in [0.2, 0.25) is 0 Å². The molecule has 0 N–H and O–H groups in total. The van der Waals surface area contributed by atoms with E-state index in [0.29, 0.717) is 6.54 Å². The van der Waals surface area contributed by atoms with Crippen molar-refractivity contribution in [1.82, 2.24) is 0 Å². The minimum absolute atomic E-state index is 0.0142. The van der Waals surface area contributed by atoms with E-state index in [1.807, 2.05) is 36.4 Å². The highest BCUT2D eigenvalue weighted by Crippen LogP contribution is 2.29. The molecule has 2 aromatic carbocycles. The summed E-state index contributed by atoms with van der Waals surface area (Å²) in [5, 5.41) is 0. The Labute approximate surface area is 131 Å². The summed E-state index contributed by atoms with van der Waals surface area (Å²) in [7, 11) is 0. The zero-order chi connectivity index (χ0) is 15.7. The van der Waals surface area contributed by atoms with Crippen molar-refractivity contribution >= 4 is 11.6 Å². The van der Waals surface area contributed by atoms with Crippen molar-refractivity contribution in [2.45, 2.75) is 32.7 Å². The predicted octanol–water partition coefficient (Wildman–Crippen LogP) is 3.91. The van der Waals surface area contributed by atoms with E-state index in [4.69, 9.17) is 4.74 Å². The summed E-state index contributed by atoms with van der Waals surface area (Å²) >= 11 is 0. The number of benzene rings is 2. The van der Waals surface area contributed by atoms with Crippen molar-refractivity contribution in [2.24, 2.45) is 0 Å². The Kier molecular flexibility index (Phi) is 3.65. The highest BCUT2D eigenvalue weighted by Gasteiger charge is 2.23. The third-order valence-corrected chi connectivity index (χ3v) is 4.00. The Balaban J connectivity index is 1.92. The number of rotatable bonds is 1. The maximum Gasteiger partial charge on any atom is 0.265 e. The van der Waals surface area contributed by atoms with Crippen LogP contribution < -0.4 is 9.64 Å². The van der Waals surface area contributed by atoms with Gasteiger partial charge in [-0.1, -0.05) is 51.1 Å². The van der Waals surface area contributed by atoms with Crippen LogP contribution in [-0.2, 0) is 16.8 Å². The van der Waals surface area contributed by atoms with Gasteiger partial charge in [0.05, 0.1) is 6.54 Å². The van der Waals surface area contributed by atoms with Gasteiger partial charge in [-0.15, -0.1) is 0 Å². The molecule has 0 fully saturated rings. The summed E-state index contributed by atoms with van der Waals surface area (Å²) in [5.41, 5.74) is 3.32. The highest BCUT2D eigenvalue weighted by atomic mass is 16.5. The quantitative estimate of drug-likeness (QED) is 0.798. The maximum absolute atomic E-state index is 12.4. The van der Waals surface area contributed by atoms with Gasteiger partial charge < -0.3 is 9.64 Å². The molecular formula is C19H21NO2. The van der Waals surface area contributed by atoms with Crippen LogP contribution in [0.15, 0.2) is 48.5 Å². The van der Waals surface area contributed by atoms with Gasteiger partial charge in [0.25, 0.3) is 5.91 Å². The summed E-state index contributed by atoms with van der Waals surface area (Å²) in [6.45, 7) is 7.18. The molecule has 0 spiro atoms. The lowest BCUT2D eigenvalue weighted by molar-refractivity contribution is -0.120. The van der Waals surface area contributed by atoms with E-state index >= 15 is 0 Å². The fourth-order valence-electron chi connectivity index (χ4n) is 2.63. The first kappa shape index (κ1) is 14.6. The molecule has 0 aromatic heterocycles. The van der Waals surface area contributed by atoms with E-state index in [1.54, 1.807) is 4.90 Å². The van der Waals surface area contributed by atoms with Gasteiger partial charge in [-0.05, 0) is 29.2 Å². The van der Waals surface area contributed by atoms with E-state index in [-0.39, 0.29) is 17.9 Å². The number of hydrogen-bond acceptors (Lipinski definition) is 2. The number of amides is 1. The first-order valence-corrected chi connectivity index (χ1v) is 7.57. The molecule has 3 heteroatoms. The number of carbonyl (C=O) groups excluding carboxylic acids is 1. The molecular weight excluding hydrogens is 274 g/mol. The number of carbonyl (C=O) groups is 1. The van der Waals surface area contributed by atoms with Gasteiger partial charge in [-0.2, -0.15) is 0 Å². The summed E-state index contributed by atoms with van der Waals surface area (Å²) in [4.78, 5) is 14.2. The van der Waals surface area contributed by atoms with Crippen LogP contribution >= 0.6 is 0 Å². The van der Waals surface area contributed by atoms with E-state index in [9.17, 15) is 4.79 Å². The Morgan fingerprint density at radius 2 is 1.68 bits per heavy atom. The smallest absolute Gasteiger partial charge is 0.265 e. The Bertz CT molecular complexity index is 683. The van der Waals surface area contributed by atoms with Gasteiger partial charge in [0, 0.05) is 11.3 Å². The van der Waals surface area contributed by atoms with Crippen molar-refractivity contribution in [1.29, 1.82) is 0 Å². The van der Waals surface area contributed by atoms with Crippen LogP contribution in [-0.4, -0.2) is 12.5 Å². The topological polar surface area (TPSA) is 29.5 Å². The zero-order valence-electron chi connectivity index (χ0n) is 13.3. The molecule has 2 aromatic rings. The largest absolute Gasteiger partial charge is 0.483 e. The van der Waals surface area contributed by atoms with Gasteiger partial charge >= 0.3 is 0 Å². The lowest BCUT2D eigenvalue weighted by atomic mass is 9.87. The molecule has 1 aliphatic rings. The third kappa shape index (κ3) is 2.84. The van der Waals surface area contributed by atoms with Gasteiger partial charge in [-0.3, -0.25) is 4.79 Å². The predicted molar refractivity (Wildman–Crippen MR) is 88.3 cm³/mol. The fourth-order valence-corrected chi connectivity index (χ4v) is 2.63. The summed E-state index contributed by atoms with van der Waals surface area (Å²) in [5.74, 6) is 0.782. The van der Waals surface area contributed by atoms with Crippen molar-refractivity contribution < 1.29 is 9.53 Å².